The molecule has 0 radical (unpaired) electrons. The topological polar surface area (TPSA) is 134 Å². The van der Waals surface area contributed by atoms with E-state index in [-0.39, 0.29) is 17.8 Å². The van der Waals surface area contributed by atoms with E-state index < -0.39 is 24.0 Å². The van der Waals surface area contributed by atoms with Crippen LogP contribution in [0, 0.1) is 11.8 Å². The molecule has 1 aliphatic carbocycles. The van der Waals surface area contributed by atoms with E-state index in [1.807, 2.05) is 30.3 Å². The molecule has 2 aromatic rings. The molecule has 2 atom stereocenters. The van der Waals surface area contributed by atoms with Crippen molar-refractivity contribution in [1.29, 1.82) is 0 Å². The molecule has 188 valence electrons. The van der Waals surface area contributed by atoms with Gasteiger partial charge in [-0.25, -0.2) is 0 Å². The van der Waals surface area contributed by atoms with Crippen LogP contribution in [0.15, 0.2) is 54.6 Å². The van der Waals surface area contributed by atoms with Gasteiger partial charge in [-0.15, -0.1) is 0 Å². The van der Waals surface area contributed by atoms with Crippen molar-refractivity contribution in [3.05, 3.63) is 54.6 Å². The van der Waals surface area contributed by atoms with Gasteiger partial charge >= 0.3 is 5.97 Å². The number of nitrogens with one attached hydrogen (secondary N) is 2. The molecule has 0 aliphatic heterocycles. The number of para-hydroxylation sites is 1. The summed E-state index contributed by atoms with van der Waals surface area (Å²) in [6, 6.07) is 15.7. The van der Waals surface area contributed by atoms with E-state index in [0.29, 0.717) is 43.2 Å². The fourth-order valence-electron chi connectivity index (χ4n) is 3.95. The Balaban J connectivity index is 1.41. The molecule has 2 amide bonds. The number of amides is 2. The lowest BCUT2D eigenvalue weighted by atomic mass is 9.82. The Morgan fingerprint density at radius 1 is 0.886 bits per heavy atom. The molecule has 2 aromatic carbocycles. The van der Waals surface area contributed by atoms with Gasteiger partial charge in [0.15, 0.2) is 12.2 Å². The Morgan fingerprint density at radius 3 is 2.11 bits per heavy atom. The summed E-state index contributed by atoms with van der Waals surface area (Å²) in [7, 11) is 0. The molecule has 35 heavy (non-hydrogen) atoms. The molecule has 1 fully saturated rings. The van der Waals surface area contributed by atoms with Crippen molar-refractivity contribution in [3.8, 4) is 11.5 Å². The first kappa shape index (κ1) is 26.2. The van der Waals surface area contributed by atoms with Crippen LogP contribution in [0.3, 0.4) is 0 Å². The van der Waals surface area contributed by atoms with Gasteiger partial charge in [0.1, 0.15) is 11.5 Å². The monoisotopic (exact) mass is 484 g/mol. The molecule has 0 saturated heterocycles. The highest BCUT2D eigenvalue weighted by Gasteiger charge is 2.32. The summed E-state index contributed by atoms with van der Waals surface area (Å²) in [4.78, 5) is 36.4. The molecule has 1 saturated carbocycles. The summed E-state index contributed by atoms with van der Waals surface area (Å²) < 4.78 is 10.7. The molecule has 3 rings (SSSR count). The molecule has 0 spiro atoms. The third-order valence-corrected chi connectivity index (χ3v) is 5.97. The van der Waals surface area contributed by atoms with Crippen molar-refractivity contribution in [2.75, 3.05) is 18.5 Å². The van der Waals surface area contributed by atoms with Gasteiger partial charge in [-0.1, -0.05) is 18.2 Å². The number of carbonyl (C=O) groups is 3. The van der Waals surface area contributed by atoms with Crippen LogP contribution in [-0.4, -0.2) is 53.4 Å². The number of ether oxygens (including phenoxy) is 2. The lowest BCUT2D eigenvalue weighted by Gasteiger charge is -2.27. The van der Waals surface area contributed by atoms with E-state index >= 15 is 0 Å². The van der Waals surface area contributed by atoms with Gasteiger partial charge in [0.25, 0.3) is 11.8 Å². The van der Waals surface area contributed by atoms with E-state index in [2.05, 4.69) is 10.6 Å². The Morgan fingerprint density at radius 2 is 1.49 bits per heavy atom. The lowest BCUT2D eigenvalue weighted by Crippen LogP contribution is -2.48. The van der Waals surface area contributed by atoms with Crippen LogP contribution >= 0.6 is 0 Å². The maximum Gasteiger partial charge on any atom is 0.308 e. The van der Waals surface area contributed by atoms with Crippen LogP contribution in [0.1, 0.15) is 32.6 Å². The van der Waals surface area contributed by atoms with E-state index in [1.54, 1.807) is 31.2 Å². The van der Waals surface area contributed by atoms with Crippen molar-refractivity contribution in [2.45, 2.75) is 44.8 Å². The number of aliphatic hydroxyl groups is 2. The molecule has 0 bridgehead atoms. The largest absolute Gasteiger partial charge is 0.466 e. The fourth-order valence-corrected chi connectivity index (χ4v) is 3.95. The zero-order chi connectivity index (χ0) is 25.2. The predicted molar refractivity (Wildman–Crippen MR) is 129 cm³/mol. The van der Waals surface area contributed by atoms with Crippen LogP contribution in [-0.2, 0) is 19.1 Å². The number of hydrogen-bond donors (Lipinski definition) is 4. The molecule has 0 unspecified atom stereocenters. The van der Waals surface area contributed by atoms with E-state index in [0.717, 1.165) is 12.8 Å². The molecule has 9 nitrogen and oxygen atoms in total. The fraction of sp³-hybridized carbons (Fsp3) is 0.423. The SMILES string of the molecule is CCOC(=O)C1CCC(CNC(=O)[C@H](O)[C@@H](O)C(=O)Nc2ccc(Oc3ccccc3)cc2)CC1. The molecular formula is C26H32N2O7. The first-order valence-electron chi connectivity index (χ1n) is 11.8. The smallest absolute Gasteiger partial charge is 0.308 e. The summed E-state index contributed by atoms with van der Waals surface area (Å²) in [5.74, 6) is -0.647. The number of rotatable bonds is 10. The Bertz CT molecular complexity index is 973. The predicted octanol–water partition coefficient (Wildman–Crippen LogP) is 2.62. The number of carbonyl (C=O) groups excluding carboxylic acids is 3. The minimum atomic E-state index is -1.94. The standard InChI is InChI=1S/C26H32N2O7/c1-2-34-26(33)18-10-8-17(9-11-18)16-27-24(31)22(29)23(30)25(32)28-19-12-14-21(15-13-19)35-20-6-4-3-5-7-20/h3-7,12-15,17-18,22-23,29-30H,2,8-11,16H2,1H3,(H,27,31)(H,28,32)/t17?,18?,22-,23-/m1/s1. The van der Waals surface area contributed by atoms with Gasteiger partial charge in [-0.05, 0) is 74.9 Å². The maximum atomic E-state index is 12.3. The van der Waals surface area contributed by atoms with Gasteiger partial charge in [-0.3, -0.25) is 14.4 Å². The highest BCUT2D eigenvalue weighted by atomic mass is 16.5. The second-order valence-corrected chi connectivity index (χ2v) is 8.53. The minimum Gasteiger partial charge on any atom is -0.466 e. The van der Waals surface area contributed by atoms with Crippen LogP contribution in [0.25, 0.3) is 0 Å². The first-order chi connectivity index (χ1) is 16.9. The van der Waals surface area contributed by atoms with E-state index in [1.165, 1.54) is 0 Å². The maximum absolute atomic E-state index is 12.3. The Kier molecular flexibility index (Phi) is 9.63. The van der Waals surface area contributed by atoms with E-state index in [4.69, 9.17) is 9.47 Å². The van der Waals surface area contributed by atoms with Crippen LogP contribution < -0.4 is 15.4 Å². The number of anilines is 1. The summed E-state index contributed by atoms with van der Waals surface area (Å²) in [6.45, 7) is 2.43. The van der Waals surface area contributed by atoms with Crippen molar-refractivity contribution >= 4 is 23.5 Å². The Labute approximate surface area is 204 Å². The average molecular weight is 485 g/mol. The molecule has 0 aromatic heterocycles. The average Bonchev–Trinajstić information content (AvgIpc) is 2.88. The third-order valence-electron chi connectivity index (χ3n) is 5.97. The molecular weight excluding hydrogens is 452 g/mol. The molecule has 1 aliphatic rings. The Hall–Kier alpha value is -3.43. The third kappa shape index (κ3) is 7.80. The zero-order valence-electron chi connectivity index (χ0n) is 19.7. The minimum absolute atomic E-state index is 0.114. The summed E-state index contributed by atoms with van der Waals surface area (Å²) in [5.41, 5.74) is 0.375. The van der Waals surface area contributed by atoms with Crippen molar-refractivity contribution in [3.63, 3.8) is 0 Å². The summed E-state index contributed by atoms with van der Waals surface area (Å²) in [5, 5.41) is 25.4. The molecule has 9 heteroatoms. The highest BCUT2D eigenvalue weighted by Crippen LogP contribution is 2.29. The van der Waals surface area contributed by atoms with Gasteiger partial charge in [0.2, 0.25) is 0 Å². The first-order valence-corrected chi connectivity index (χ1v) is 11.8. The normalized spacial score (nSPS) is 19.2. The number of hydrogen-bond acceptors (Lipinski definition) is 7. The molecule has 4 N–H and O–H groups in total. The quantitative estimate of drug-likeness (QED) is 0.381. The van der Waals surface area contributed by atoms with Crippen LogP contribution in [0.2, 0.25) is 0 Å². The van der Waals surface area contributed by atoms with Crippen molar-refractivity contribution in [2.24, 2.45) is 11.8 Å². The van der Waals surface area contributed by atoms with Gasteiger partial charge in [0.05, 0.1) is 12.5 Å². The van der Waals surface area contributed by atoms with Gasteiger partial charge < -0.3 is 30.3 Å². The van der Waals surface area contributed by atoms with Crippen molar-refractivity contribution in [1.82, 2.24) is 5.32 Å². The second kappa shape index (κ2) is 12.9. The highest BCUT2D eigenvalue weighted by molar-refractivity contribution is 5.98. The van der Waals surface area contributed by atoms with E-state index in [9.17, 15) is 24.6 Å². The summed E-state index contributed by atoms with van der Waals surface area (Å²) in [6.07, 6.45) is -0.995. The number of esters is 1. The zero-order valence-corrected chi connectivity index (χ0v) is 19.7. The second-order valence-electron chi connectivity index (χ2n) is 8.53. The van der Waals surface area contributed by atoms with Gasteiger partial charge in [0, 0.05) is 12.2 Å². The van der Waals surface area contributed by atoms with Crippen LogP contribution in [0.5, 0.6) is 11.5 Å². The van der Waals surface area contributed by atoms with Gasteiger partial charge in [-0.2, -0.15) is 0 Å². The van der Waals surface area contributed by atoms with Crippen LogP contribution in [0.4, 0.5) is 5.69 Å². The number of benzene rings is 2. The number of aliphatic hydroxyl groups excluding tert-OH is 2. The van der Waals surface area contributed by atoms with Crippen molar-refractivity contribution < 1.29 is 34.1 Å². The lowest BCUT2D eigenvalue weighted by molar-refractivity contribution is -0.149. The summed E-state index contributed by atoms with van der Waals surface area (Å²) >= 11 is 0. The molecule has 0 heterocycles.